The number of hydrogen-bond acceptors (Lipinski definition) is 26. The Kier molecular flexibility index (Phi) is 45.7. The number of carbonyl (C=O) groups excluding carboxylic acids is 18. The molecular formula is C97H124N20O31S. The molecule has 0 radical (unpaired) electrons. The van der Waals surface area contributed by atoms with Crippen LogP contribution in [0.4, 0.5) is 0 Å². The van der Waals surface area contributed by atoms with Crippen molar-refractivity contribution >= 4 is 176 Å². The molecule has 0 unspecified atom stereocenters. The summed E-state index contributed by atoms with van der Waals surface area (Å²) < 4.78 is 0. The zero-order valence-corrected chi connectivity index (χ0v) is 82.6. The summed E-state index contributed by atoms with van der Waals surface area (Å²) in [6.45, 7) is 2.92. The number of benzene rings is 4. The first-order valence-electron chi connectivity index (χ1n) is 47.8. The first-order chi connectivity index (χ1) is 70.7. The van der Waals surface area contributed by atoms with E-state index in [1.54, 1.807) is 111 Å². The number of thioether (sulfide) groups is 1. The van der Waals surface area contributed by atoms with Gasteiger partial charge < -0.3 is 141 Å². The molecule has 2 aromatic heterocycles. The third kappa shape index (κ3) is 38.4. The van der Waals surface area contributed by atoms with Crippen LogP contribution in [0.5, 0.6) is 5.75 Å². The molecule has 2 aliphatic heterocycles. The van der Waals surface area contributed by atoms with Gasteiger partial charge >= 0.3 is 35.8 Å². The molecule has 804 valence electrons. The molecule has 6 aromatic rings. The number of aliphatic carboxylic acids is 6. The molecule has 2 fully saturated rings. The Hall–Kier alpha value is -16.6. The zero-order valence-electron chi connectivity index (χ0n) is 81.7. The first kappa shape index (κ1) is 118. The van der Waals surface area contributed by atoms with Gasteiger partial charge in [-0.05, 0) is 136 Å². The highest BCUT2D eigenvalue weighted by molar-refractivity contribution is 7.98. The third-order valence-electron chi connectivity index (χ3n) is 24.2. The fourth-order valence-corrected chi connectivity index (χ4v) is 16.8. The van der Waals surface area contributed by atoms with E-state index >= 15 is 0 Å². The number of aromatic hydroxyl groups is 1. The Morgan fingerprint density at radius 1 is 0.396 bits per heavy atom. The summed E-state index contributed by atoms with van der Waals surface area (Å²) in [5.41, 5.74) is 8.66. The van der Waals surface area contributed by atoms with Gasteiger partial charge in [-0.15, -0.1) is 0 Å². The number of rotatable bonds is 62. The number of H-pyrrole nitrogens is 2. The van der Waals surface area contributed by atoms with Crippen LogP contribution in [0.2, 0.25) is 0 Å². The van der Waals surface area contributed by atoms with Crippen LogP contribution in [-0.2, 0) is 141 Å². The van der Waals surface area contributed by atoms with Crippen LogP contribution in [0.25, 0.3) is 21.8 Å². The second kappa shape index (κ2) is 57.9. The van der Waals surface area contributed by atoms with E-state index < -0.39 is 323 Å². The molecule has 15 atom stereocenters. The monoisotopic (exact) mass is 2100 g/mol. The van der Waals surface area contributed by atoms with E-state index in [2.05, 4.69) is 95.0 Å². The first-order valence-corrected chi connectivity index (χ1v) is 49.2. The number of aromatic nitrogens is 2. The lowest BCUT2D eigenvalue weighted by Gasteiger charge is -2.29. The average molecular weight is 2100 g/mol. The smallest absolute Gasteiger partial charge is 0.305 e. The molecule has 8 rings (SSSR count). The van der Waals surface area contributed by atoms with Crippen molar-refractivity contribution in [3.63, 3.8) is 0 Å². The van der Waals surface area contributed by atoms with Crippen molar-refractivity contribution < 1.29 is 151 Å². The molecule has 2 aliphatic rings. The maximum Gasteiger partial charge on any atom is 0.305 e. The number of hydrogen-bond donors (Lipinski definition) is 26. The minimum absolute atomic E-state index is 0.0743. The lowest BCUT2D eigenvalue weighted by molar-refractivity contribution is -0.141. The molecule has 4 aromatic carbocycles. The van der Waals surface area contributed by atoms with E-state index in [0.29, 0.717) is 44.9 Å². The molecule has 18 amide bonds. The van der Waals surface area contributed by atoms with Crippen molar-refractivity contribution in [1.82, 2.24) is 99.9 Å². The quantitative estimate of drug-likeness (QED) is 0.0176. The number of nitrogens with one attached hydrogen (secondary N) is 18. The molecule has 0 aliphatic carbocycles. The number of aromatic amines is 2. The Morgan fingerprint density at radius 2 is 0.785 bits per heavy atom. The largest absolute Gasteiger partial charge is 0.508 e. The van der Waals surface area contributed by atoms with E-state index in [-0.39, 0.29) is 80.9 Å². The Morgan fingerprint density at radius 3 is 1.23 bits per heavy atom. The van der Waals surface area contributed by atoms with Crippen LogP contribution >= 0.6 is 11.8 Å². The van der Waals surface area contributed by atoms with Crippen LogP contribution < -0.4 is 90.8 Å². The number of fused-ring (bicyclic) bond motifs is 2. The fourth-order valence-electron chi connectivity index (χ4n) is 16.4. The number of carboxylic acid groups (broad SMARTS) is 6. The summed E-state index contributed by atoms with van der Waals surface area (Å²) in [6, 6.07) is 1.84. The second-order valence-electron chi connectivity index (χ2n) is 36.1. The Balaban J connectivity index is 0.957. The van der Waals surface area contributed by atoms with Gasteiger partial charge in [-0.2, -0.15) is 11.8 Å². The van der Waals surface area contributed by atoms with E-state index in [0.717, 1.165) is 6.92 Å². The van der Waals surface area contributed by atoms with Crippen LogP contribution in [0.1, 0.15) is 152 Å². The van der Waals surface area contributed by atoms with Gasteiger partial charge in [0, 0.05) is 105 Å². The number of carbonyl (C=O) groups is 24. The van der Waals surface area contributed by atoms with Crippen LogP contribution in [0, 0.1) is 5.92 Å². The highest BCUT2D eigenvalue weighted by Crippen LogP contribution is 2.25. The number of amides is 18. The number of nitrogens with two attached hydrogens (primary N) is 1. The summed E-state index contributed by atoms with van der Waals surface area (Å²) in [6.07, 6.45) is -5.89. The lowest BCUT2D eigenvalue weighted by atomic mass is 9.99. The molecule has 0 bridgehead atoms. The van der Waals surface area contributed by atoms with Crippen LogP contribution in [0.15, 0.2) is 116 Å². The number of phenols is 1. The van der Waals surface area contributed by atoms with Crippen molar-refractivity contribution in [2.24, 2.45) is 11.7 Å². The molecule has 0 saturated carbocycles. The van der Waals surface area contributed by atoms with Crippen LogP contribution in [-0.4, -0.2) is 315 Å². The Bertz CT molecular complexity index is 5880. The highest BCUT2D eigenvalue weighted by Gasteiger charge is 2.42. The normalized spacial score (nSPS) is 15.7. The van der Waals surface area contributed by atoms with Gasteiger partial charge in [0.25, 0.3) is 0 Å². The summed E-state index contributed by atoms with van der Waals surface area (Å²) in [4.78, 5) is 334. The van der Waals surface area contributed by atoms with E-state index in [1.807, 2.05) is 0 Å². The predicted octanol–water partition coefficient (Wildman–Crippen LogP) is -3.47. The number of likely N-dealkylation sites (tertiary alicyclic amines) is 1. The van der Waals surface area contributed by atoms with Crippen molar-refractivity contribution in [3.8, 4) is 5.75 Å². The molecular weight excluding hydrogens is 1970 g/mol. The van der Waals surface area contributed by atoms with Crippen molar-refractivity contribution in [1.29, 1.82) is 0 Å². The maximum absolute atomic E-state index is 14.9. The van der Waals surface area contributed by atoms with Crippen molar-refractivity contribution in [3.05, 3.63) is 138 Å². The minimum atomic E-state index is -2.14. The molecule has 52 heteroatoms. The van der Waals surface area contributed by atoms with E-state index in [1.165, 1.54) is 40.9 Å². The molecule has 2 saturated heterocycles. The van der Waals surface area contributed by atoms with Crippen LogP contribution in [0.3, 0.4) is 0 Å². The van der Waals surface area contributed by atoms with Gasteiger partial charge in [-0.1, -0.05) is 92.7 Å². The average Bonchev–Trinajstić information content (AvgIpc) is 1.87. The number of carboxylic acids is 6. The van der Waals surface area contributed by atoms with Gasteiger partial charge in [0.05, 0.1) is 19.5 Å². The van der Waals surface area contributed by atoms with Crippen molar-refractivity contribution in [2.75, 3.05) is 31.6 Å². The van der Waals surface area contributed by atoms with Gasteiger partial charge in [0.2, 0.25) is 106 Å². The summed E-state index contributed by atoms with van der Waals surface area (Å²) >= 11 is 1.24. The predicted molar refractivity (Wildman–Crippen MR) is 527 cm³/mol. The standard InChI is InChI=1S/C97H124N20O31S/c1-49(2)39-68(114-95(146)71(43-54-46-100-59-18-11-9-16-57(54)59)116-97(148)73-19-12-37-117(73)76(121)48-102-85(136)60-24-30-74(119)104-60)93(144)110-65(29-35-81(130)131)91(142)109-64(28-34-80(128)129)90(141)108-63(27-33-79(126)127)89(140)107-62(26-32-78(124)125)88(139)106-61(25-31-77(122)123)87(138)103-50(3)84(135)113-69(41-52-20-22-55(118)23-21-52)86(137)101-47-75(120)105-70(42-53-45-99-58-17-10-8-15-56(53)58)94(145)111-66(36-38-149-4)92(143)115-72(44-82(132)133)96(147)112-67(83(98)134)40-51-13-6-5-7-14-51/h5-11,13-18,20-23,45-46,49-50,60-73,99-100,118H,12,19,24-44,47-48H2,1-4H3,(H2,98,134)(H,101,137)(H,102,136)(H,103,138)(H,104,119)(H,105,120)(H,106,139)(H,107,140)(H,108,141)(H,109,142)(H,110,144)(H,111,145)(H,112,147)(H,113,135)(H,114,146)(H,115,143)(H,116,148)(H,122,123)(H,124,125)(H,126,127)(H,128,129)(H,130,131)(H,132,133)/t50-,60-,61-,62-,63-,64-,65-,66-,67-,68-,69-,70-,71-,72-,73+/m0/s1. The molecule has 4 heterocycles. The van der Waals surface area contributed by atoms with Gasteiger partial charge in [0.1, 0.15) is 96.4 Å². The number of primary amides is 1. The van der Waals surface area contributed by atoms with Gasteiger partial charge in [-0.25, -0.2) is 0 Å². The maximum atomic E-state index is 14.9. The van der Waals surface area contributed by atoms with Gasteiger partial charge in [-0.3, -0.25) is 115 Å². The summed E-state index contributed by atoms with van der Waals surface area (Å²) in [5, 5.41) is 109. The molecule has 51 nitrogen and oxygen atoms in total. The lowest BCUT2D eigenvalue weighted by Crippen LogP contribution is -2.61. The molecule has 149 heavy (non-hydrogen) atoms. The summed E-state index contributed by atoms with van der Waals surface area (Å²) in [7, 11) is 0. The van der Waals surface area contributed by atoms with Crippen molar-refractivity contribution in [2.45, 2.75) is 246 Å². The molecule has 27 N–H and O–H groups in total. The molecule has 0 spiro atoms. The van der Waals surface area contributed by atoms with E-state index in [9.17, 15) is 151 Å². The number of para-hydroxylation sites is 2. The minimum Gasteiger partial charge on any atom is -0.508 e. The zero-order chi connectivity index (χ0) is 109. The number of phenolic OH excluding ortho intramolecular Hbond substituents is 1. The summed E-state index contributed by atoms with van der Waals surface area (Å²) in [5.74, 6) is -29.2. The number of nitrogens with zero attached hydrogens (tertiary/aromatic N) is 1. The van der Waals surface area contributed by atoms with E-state index in [4.69, 9.17) is 5.73 Å². The third-order valence-corrected chi connectivity index (χ3v) is 24.8. The Labute approximate surface area is 855 Å². The van der Waals surface area contributed by atoms with Gasteiger partial charge in [0.15, 0.2) is 0 Å². The topological polar surface area (TPSA) is 805 Å². The highest BCUT2D eigenvalue weighted by atomic mass is 32.2. The fraction of sp³-hybridized carbons (Fsp3) is 0.464. The SMILES string of the molecule is CSCC[C@H](NC(=O)[C@H](Cc1c[nH]c2ccccc12)NC(=O)CNC(=O)[C@H](Cc1ccc(O)cc1)NC(=O)[C@H](C)NC(=O)[C@H](CCC(=O)O)NC(=O)[C@H](CCC(=O)O)NC(=O)[C@H](CCC(=O)O)NC(=O)[C@H](CCC(=O)O)NC(=O)[C@H](CCC(=O)O)NC(=O)[C@H](CC(C)C)NC(=O)[C@H](Cc1c[nH]c2ccccc12)NC(=O)[C@H]1CCCN1C(=O)CNC(=O)[C@@H]1CCC(=O)N1)C(=O)N[C@@H](CC(=O)O)C(=O)N[C@@H](Cc1ccccc1)C(N)=O. The second-order valence-corrected chi connectivity index (χ2v) is 37.1.